The number of fused-ring (bicyclic) bond motifs is 1. The molecule has 0 aliphatic rings. The van der Waals surface area contributed by atoms with Gasteiger partial charge in [0.15, 0.2) is 0 Å². The molecule has 3 rings (SSSR count). The Morgan fingerprint density at radius 3 is 2.68 bits per heavy atom. The van der Waals surface area contributed by atoms with Gasteiger partial charge in [-0.05, 0) is 35.2 Å². The number of aromatic amines is 1. The minimum atomic E-state index is -0.842. The third-order valence-electron chi connectivity index (χ3n) is 3.85. The Morgan fingerprint density at radius 1 is 1.23 bits per heavy atom. The first-order valence-corrected chi connectivity index (χ1v) is 7.58. The average molecular weight is 314 g/mol. The Kier molecular flexibility index (Phi) is 3.90. The molecule has 0 saturated heterocycles. The van der Waals surface area contributed by atoms with Crippen LogP contribution >= 0.6 is 11.6 Å². The Balaban J connectivity index is 2.30. The average Bonchev–Trinajstić information content (AvgIpc) is 2.85. The molecule has 3 aromatic rings. The molecule has 112 valence electrons. The highest BCUT2D eigenvalue weighted by molar-refractivity contribution is 6.30. The normalized spacial score (nSPS) is 11.0. The number of aromatic nitrogens is 1. The smallest absolute Gasteiger partial charge is 0.307 e. The fourth-order valence-electron chi connectivity index (χ4n) is 2.85. The number of rotatable bonds is 4. The zero-order chi connectivity index (χ0) is 15.7. The van der Waals surface area contributed by atoms with Crippen molar-refractivity contribution in [2.45, 2.75) is 19.8 Å². The van der Waals surface area contributed by atoms with Gasteiger partial charge in [0.25, 0.3) is 0 Å². The first-order valence-electron chi connectivity index (χ1n) is 7.20. The van der Waals surface area contributed by atoms with Crippen LogP contribution in [-0.4, -0.2) is 16.1 Å². The molecule has 22 heavy (non-hydrogen) atoms. The van der Waals surface area contributed by atoms with Crippen LogP contribution in [0.2, 0.25) is 5.02 Å². The maximum Gasteiger partial charge on any atom is 0.307 e. The highest BCUT2D eigenvalue weighted by Crippen LogP contribution is 2.33. The molecule has 0 bridgehead atoms. The summed E-state index contributed by atoms with van der Waals surface area (Å²) in [6.45, 7) is 2.09. The summed E-state index contributed by atoms with van der Waals surface area (Å²) < 4.78 is 0. The topological polar surface area (TPSA) is 53.1 Å². The highest BCUT2D eigenvalue weighted by atomic mass is 35.5. The predicted molar refractivity (Wildman–Crippen MR) is 89.5 cm³/mol. The van der Waals surface area contributed by atoms with E-state index in [1.165, 1.54) is 5.56 Å². The van der Waals surface area contributed by atoms with Crippen LogP contribution in [0, 0.1) is 0 Å². The van der Waals surface area contributed by atoms with Gasteiger partial charge in [-0.25, -0.2) is 0 Å². The number of H-pyrrole nitrogens is 1. The molecule has 0 spiro atoms. The van der Waals surface area contributed by atoms with Crippen molar-refractivity contribution in [2.24, 2.45) is 0 Å². The maximum absolute atomic E-state index is 11.3. The van der Waals surface area contributed by atoms with Gasteiger partial charge in [0.1, 0.15) is 0 Å². The molecule has 4 heteroatoms. The SMILES string of the molecule is CCc1cccc2c(CC(=O)O)c(-c3cccc(Cl)c3)[nH]c12. The van der Waals surface area contributed by atoms with E-state index in [0.717, 1.165) is 34.1 Å². The van der Waals surface area contributed by atoms with Crippen molar-refractivity contribution in [1.82, 2.24) is 4.98 Å². The lowest BCUT2D eigenvalue weighted by Gasteiger charge is -2.03. The van der Waals surface area contributed by atoms with Gasteiger partial charge in [-0.15, -0.1) is 0 Å². The molecule has 0 amide bonds. The third kappa shape index (κ3) is 2.60. The molecule has 2 N–H and O–H groups in total. The summed E-state index contributed by atoms with van der Waals surface area (Å²) >= 11 is 6.08. The first kappa shape index (κ1) is 14.7. The Bertz CT molecular complexity index is 851. The van der Waals surface area contributed by atoms with Gasteiger partial charge in [0.05, 0.1) is 12.1 Å². The second-order valence-corrected chi connectivity index (χ2v) is 5.69. The van der Waals surface area contributed by atoms with Crippen molar-refractivity contribution >= 4 is 28.5 Å². The summed E-state index contributed by atoms with van der Waals surface area (Å²) in [7, 11) is 0. The van der Waals surface area contributed by atoms with Gasteiger partial charge < -0.3 is 10.1 Å². The molecule has 0 saturated carbocycles. The van der Waals surface area contributed by atoms with Gasteiger partial charge >= 0.3 is 5.97 Å². The van der Waals surface area contributed by atoms with E-state index in [2.05, 4.69) is 18.0 Å². The Labute approximate surface area is 133 Å². The van der Waals surface area contributed by atoms with Crippen LogP contribution in [0.5, 0.6) is 0 Å². The molecule has 1 heterocycles. The first-order chi connectivity index (χ1) is 10.6. The molecule has 0 fully saturated rings. The van der Waals surface area contributed by atoms with E-state index in [9.17, 15) is 9.90 Å². The van der Waals surface area contributed by atoms with E-state index in [0.29, 0.717) is 5.02 Å². The zero-order valence-corrected chi connectivity index (χ0v) is 12.9. The van der Waals surface area contributed by atoms with Gasteiger partial charge in [0, 0.05) is 15.9 Å². The van der Waals surface area contributed by atoms with E-state index in [4.69, 9.17) is 11.6 Å². The summed E-state index contributed by atoms with van der Waals surface area (Å²) in [5.74, 6) is -0.842. The minimum absolute atomic E-state index is 0.0188. The lowest BCUT2D eigenvalue weighted by atomic mass is 10.0. The van der Waals surface area contributed by atoms with E-state index >= 15 is 0 Å². The number of carboxylic acid groups (broad SMARTS) is 1. The Morgan fingerprint density at radius 2 is 2.00 bits per heavy atom. The van der Waals surface area contributed by atoms with Crippen molar-refractivity contribution in [3.8, 4) is 11.3 Å². The number of aliphatic carboxylic acids is 1. The number of nitrogens with one attached hydrogen (secondary N) is 1. The van der Waals surface area contributed by atoms with Crippen LogP contribution in [0.4, 0.5) is 0 Å². The number of halogens is 1. The predicted octanol–water partition coefficient (Wildman–Crippen LogP) is 4.68. The van der Waals surface area contributed by atoms with Crippen LogP contribution in [-0.2, 0) is 17.6 Å². The zero-order valence-electron chi connectivity index (χ0n) is 12.2. The van der Waals surface area contributed by atoms with Crippen LogP contribution < -0.4 is 0 Å². The maximum atomic E-state index is 11.3. The van der Waals surface area contributed by atoms with Crippen molar-refractivity contribution in [3.05, 3.63) is 58.6 Å². The largest absolute Gasteiger partial charge is 0.481 e. The fraction of sp³-hybridized carbons (Fsp3) is 0.167. The van der Waals surface area contributed by atoms with Crippen LogP contribution in [0.25, 0.3) is 22.2 Å². The van der Waals surface area contributed by atoms with Crippen molar-refractivity contribution in [3.63, 3.8) is 0 Å². The van der Waals surface area contributed by atoms with Crippen LogP contribution in [0.3, 0.4) is 0 Å². The number of hydrogen-bond acceptors (Lipinski definition) is 1. The fourth-order valence-corrected chi connectivity index (χ4v) is 3.04. The summed E-state index contributed by atoms with van der Waals surface area (Å²) in [6, 6.07) is 13.5. The van der Waals surface area contributed by atoms with Crippen molar-refractivity contribution in [1.29, 1.82) is 0 Å². The van der Waals surface area contributed by atoms with Gasteiger partial charge in [-0.3, -0.25) is 4.79 Å². The van der Waals surface area contributed by atoms with E-state index in [1.54, 1.807) is 0 Å². The molecule has 3 nitrogen and oxygen atoms in total. The van der Waals surface area contributed by atoms with E-state index in [-0.39, 0.29) is 6.42 Å². The molecular formula is C18H16ClNO2. The number of aryl methyl sites for hydroxylation is 1. The van der Waals surface area contributed by atoms with E-state index < -0.39 is 5.97 Å². The number of carbonyl (C=O) groups is 1. The molecule has 0 atom stereocenters. The summed E-state index contributed by atoms with van der Waals surface area (Å²) in [4.78, 5) is 14.7. The molecule has 0 unspecified atom stereocenters. The Hall–Kier alpha value is -2.26. The monoisotopic (exact) mass is 313 g/mol. The second kappa shape index (κ2) is 5.85. The van der Waals surface area contributed by atoms with E-state index in [1.807, 2.05) is 36.4 Å². The van der Waals surface area contributed by atoms with Crippen molar-refractivity contribution < 1.29 is 9.90 Å². The summed E-state index contributed by atoms with van der Waals surface area (Å²) in [5.41, 5.74) is 4.73. The van der Waals surface area contributed by atoms with Crippen LogP contribution in [0.1, 0.15) is 18.1 Å². The molecule has 0 aliphatic heterocycles. The summed E-state index contributed by atoms with van der Waals surface area (Å²) in [6.07, 6.45) is 0.869. The standard InChI is InChI=1S/C18H16ClNO2/c1-2-11-5-4-8-14-15(10-16(21)22)18(20-17(11)14)12-6-3-7-13(19)9-12/h3-9,20H,2,10H2,1H3,(H,21,22). The molecular weight excluding hydrogens is 298 g/mol. The van der Waals surface area contributed by atoms with Gasteiger partial charge in [-0.1, -0.05) is 48.9 Å². The number of para-hydroxylation sites is 1. The lowest BCUT2D eigenvalue weighted by molar-refractivity contribution is -0.136. The van der Waals surface area contributed by atoms with Gasteiger partial charge in [-0.2, -0.15) is 0 Å². The molecule has 0 aliphatic carbocycles. The number of benzene rings is 2. The number of carboxylic acids is 1. The highest BCUT2D eigenvalue weighted by Gasteiger charge is 2.17. The minimum Gasteiger partial charge on any atom is -0.481 e. The third-order valence-corrected chi connectivity index (χ3v) is 4.08. The molecule has 2 aromatic carbocycles. The van der Waals surface area contributed by atoms with Crippen molar-refractivity contribution in [2.75, 3.05) is 0 Å². The summed E-state index contributed by atoms with van der Waals surface area (Å²) in [5, 5.41) is 10.9. The van der Waals surface area contributed by atoms with Crippen LogP contribution in [0.15, 0.2) is 42.5 Å². The van der Waals surface area contributed by atoms with Gasteiger partial charge in [0.2, 0.25) is 0 Å². The quantitative estimate of drug-likeness (QED) is 0.735. The second-order valence-electron chi connectivity index (χ2n) is 5.25. The lowest BCUT2D eigenvalue weighted by Crippen LogP contribution is -2.00. The molecule has 1 aromatic heterocycles. The molecule has 0 radical (unpaired) electrons. The number of hydrogen-bond donors (Lipinski definition) is 2.